The molecule has 4 aromatic rings. The van der Waals surface area contributed by atoms with E-state index in [0.29, 0.717) is 49.0 Å². The second kappa shape index (κ2) is 17.7. The van der Waals surface area contributed by atoms with Crippen LogP contribution in [0.3, 0.4) is 0 Å². The number of hydrogen-bond donors (Lipinski definition) is 4. The number of carbonyl (C=O) groups excluding carboxylic acids is 4. The predicted octanol–water partition coefficient (Wildman–Crippen LogP) is 6.53. The van der Waals surface area contributed by atoms with Crippen LogP contribution >= 0.6 is 0 Å². The number of benzene rings is 2. The third kappa shape index (κ3) is 8.75. The van der Waals surface area contributed by atoms with E-state index in [1.807, 2.05) is 49.8 Å². The number of imidazole rings is 2. The second-order valence-electron chi connectivity index (χ2n) is 19.7. The van der Waals surface area contributed by atoms with Gasteiger partial charge in [0.1, 0.15) is 29.4 Å². The van der Waals surface area contributed by atoms with E-state index in [-0.39, 0.29) is 72.2 Å². The number of nitrogens with one attached hydrogen (secondary N) is 4. The Labute approximate surface area is 384 Å². The SMILES string of the molecule is COC(=O)NC(C(=O)N1C(c2ncc(-c3ccc4cc(C#Cc5cnc(C6CC7CC7N6C(=O)[C@@H](NC(=O)OC)C6CC(C)OC(C)C6)[nH]5)ccc4c3)[nH]2)CC2CC21)C1CC(C)OC(C)C1. The lowest BCUT2D eigenvalue weighted by atomic mass is 9.85. The van der Waals surface area contributed by atoms with Gasteiger partial charge in [0, 0.05) is 23.2 Å². The maximum atomic E-state index is 14.5. The smallest absolute Gasteiger partial charge is 0.407 e. The number of nitrogens with zero attached hydrogens (tertiary/aromatic N) is 4. The van der Waals surface area contributed by atoms with Gasteiger partial charge in [-0.1, -0.05) is 24.1 Å². The number of alkyl carbamates (subject to hydrolysis) is 2. The molecule has 16 heteroatoms. The van der Waals surface area contributed by atoms with Gasteiger partial charge < -0.3 is 49.3 Å². The average molecular weight is 901 g/mol. The molecule has 6 fully saturated rings. The Balaban J connectivity index is 0.822. The first kappa shape index (κ1) is 43.9. The van der Waals surface area contributed by atoms with Gasteiger partial charge in [0.2, 0.25) is 11.8 Å². The van der Waals surface area contributed by atoms with Crippen LogP contribution in [0.2, 0.25) is 0 Å². The van der Waals surface area contributed by atoms with Crippen molar-refractivity contribution < 1.29 is 38.1 Å². The Morgan fingerprint density at radius 2 is 1.15 bits per heavy atom. The van der Waals surface area contributed by atoms with E-state index in [0.717, 1.165) is 59.1 Å². The fraction of sp³-hybridized carbons (Fsp3) is 0.560. The molecule has 12 atom stereocenters. The molecule has 6 heterocycles. The number of carbonyl (C=O) groups is 4. The lowest BCUT2D eigenvalue weighted by Gasteiger charge is -2.38. The van der Waals surface area contributed by atoms with Crippen molar-refractivity contribution in [3.8, 4) is 23.1 Å². The van der Waals surface area contributed by atoms with E-state index >= 15 is 0 Å². The molecule has 2 saturated carbocycles. The number of likely N-dealkylation sites (tertiary alicyclic amines) is 2. The fourth-order valence-corrected chi connectivity index (χ4v) is 11.8. The summed E-state index contributed by atoms with van der Waals surface area (Å²) in [6.45, 7) is 8.04. The number of ether oxygens (including phenoxy) is 4. The van der Waals surface area contributed by atoms with Crippen molar-refractivity contribution in [3.05, 3.63) is 71.7 Å². The molecule has 66 heavy (non-hydrogen) atoms. The molecule has 0 radical (unpaired) electrons. The highest BCUT2D eigenvalue weighted by molar-refractivity contribution is 5.89. The number of aromatic nitrogens is 4. The first-order chi connectivity index (χ1) is 31.8. The highest BCUT2D eigenvalue weighted by Crippen LogP contribution is 2.55. The summed E-state index contributed by atoms with van der Waals surface area (Å²) in [4.78, 5) is 74.3. The molecular formula is C50H60N8O8. The van der Waals surface area contributed by atoms with Gasteiger partial charge in [-0.15, -0.1) is 0 Å². The summed E-state index contributed by atoms with van der Waals surface area (Å²) in [6, 6.07) is 10.7. The van der Waals surface area contributed by atoms with Gasteiger partial charge in [0.05, 0.1) is 68.8 Å². The van der Waals surface area contributed by atoms with Gasteiger partial charge in [-0.2, -0.15) is 0 Å². The van der Waals surface area contributed by atoms with Crippen LogP contribution in [0.5, 0.6) is 0 Å². The summed E-state index contributed by atoms with van der Waals surface area (Å²) >= 11 is 0. The molecule has 11 unspecified atom stereocenters. The molecule has 6 aliphatic rings. The van der Waals surface area contributed by atoms with Crippen molar-refractivity contribution in [2.75, 3.05) is 14.2 Å². The monoisotopic (exact) mass is 900 g/mol. The molecule has 0 bridgehead atoms. The van der Waals surface area contributed by atoms with Gasteiger partial charge in [-0.05, 0) is 138 Å². The molecule has 4 saturated heterocycles. The zero-order chi connectivity index (χ0) is 46.0. The molecule has 0 spiro atoms. The molecule has 348 valence electrons. The van der Waals surface area contributed by atoms with Gasteiger partial charge in [0.25, 0.3) is 0 Å². The Morgan fingerprint density at radius 3 is 1.70 bits per heavy atom. The summed E-state index contributed by atoms with van der Waals surface area (Å²) in [7, 11) is 2.64. The second-order valence-corrected chi connectivity index (χ2v) is 19.7. The average Bonchev–Trinajstić information content (AvgIpc) is 3.89. The van der Waals surface area contributed by atoms with Crippen LogP contribution in [-0.4, -0.2) is 117 Å². The Morgan fingerprint density at radius 1 is 0.652 bits per heavy atom. The number of aromatic amines is 2. The lowest BCUT2D eigenvalue weighted by molar-refractivity contribution is -0.140. The molecule has 10 rings (SSSR count). The Bertz CT molecular complexity index is 2560. The predicted molar refractivity (Wildman–Crippen MR) is 242 cm³/mol. The summed E-state index contributed by atoms with van der Waals surface area (Å²) < 4.78 is 21.8. The van der Waals surface area contributed by atoms with Gasteiger partial charge in [-0.25, -0.2) is 19.6 Å². The molecule has 4 N–H and O–H groups in total. The first-order valence-electron chi connectivity index (χ1n) is 23.6. The standard InChI is InChI=1S/C50H60N8O8/c1-25-13-35(14-26(2)65-25)43(55-49(61)63-5)47(59)57-39-19-33(39)21-41(57)45-51-23-37(53-45)12-8-29-7-9-31-18-32(11-10-30(31)17-29)38-24-52-46(54-38)42-22-34-20-40(34)58(42)48(60)44(56-50(62)64-6)36-15-27(3)66-28(4)16-36/h7,9-11,17-18,23-28,33-36,39-44H,13-16,19-22H2,1-6H3,(H,51,53)(H,52,54)(H,55,61)(H,56,62)/t25?,26?,27?,28?,33?,34?,35?,36?,39?,40?,41?,42?,43-,44?/m0/s1. The van der Waals surface area contributed by atoms with E-state index in [2.05, 4.69) is 62.8 Å². The third-order valence-corrected chi connectivity index (χ3v) is 14.9. The summed E-state index contributed by atoms with van der Waals surface area (Å²) in [5.41, 5.74) is 3.34. The number of rotatable bonds is 9. The van der Waals surface area contributed by atoms with E-state index in [1.54, 1.807) is 6.20 Å². The number of methoxy groups -OCH3 is 2. The zero-order valence-corrected chi connectivity index (χ0v) is 38.4. The highest BCUT2D eigenvalue weighted by Gasteiger charge is 2.58. The molecule has 2 aromatic heterocycles. The Hall–Kier alpha value is -5.92. The molecule has 2 aliphatic carbocycles. The van der Waals surface area contributed by atoms with Crippen LogP contribution in [-0.2, 0) is 28.5 Å². The fourth-order valence-electron chi connectivity index (χ4n) is 11.8. The molecular weight excluding hydrogens is 841 g/mol. The van der Waals surface area contributed by atoms with Crippen molar-refractivity contribution in [3.63, 3.8) is 0 Å². The molecule has 4 aliphatic heterocycles. The third-order valence-electron chi connectivity index (χ3n) is 14.9. The van der Waals surface area contributed by atoms with Crippen LogP contribution in [0.1, 0.15) is 114 Å². The van der Waals surface area contributed by atoms with Crippen LogP contribution in [0, 0.1) is 35.5 Å². The van der Waals surface area contributed by atoms with E-state index < -0.39 is 24.3 Å². The normalized spacial score (nSPS) is 31.7. The number of amides is 4. The van der Waals surface area contributed by atoms with Crippen molar-refractivity contribution in [1.82, 2.24) is 40.4 Å². The largest absolute Gasteiger partial charge is 0.453 e. The minimum absolute atomic E-state index is 0.0166. The summed E-state index contributed by atoms with van der Waals surface area (Å²) in [5.74, 6) is 8.46. The number of piperidine rings is 2. The van der Waals surface area contributed by atoms with Crippen LogP contribution in [0.15, 0.2) is 48.8 Å². The van der Waals surface area contributed by atoms with Gasteiger partial charge >= 0.3 is 12.2 Å². The minimum Gasteiger partial charge on any atom is -0.453 e. The topological polar surface area (TPSA) is 193 Å². The molecule has 2 aromatic carbocycles. The van der Waals surface area contributed by atoms with Gasteiger partial charge in [0.15, 0.2) is 0 Å². The number of hydrogen-bond acceptors (Lipinski definition) is 10. The lowest BCUT2D eigenvalue weighted by Crippen LogP contribution is -2.55. The highest BCUT2D eigenvalue weighted by atomic mass is 16.5. The maximum Gasteiger partial charge on any atom is 0.407 e. The van der Waals surface area contributed by atoms with Crippen LogP contribution < -0.4 is 10.6 Å². The van der Waals surface area contributed by atoms with Crippen LogP contribution in [0.25, 0.3) is 22.0 Å². The van der Waals surface area contributed by atoms with Crippen molar-refractivity contribution >= 4 is 34.8 Å². The zero-order valence-electron chi connectivity index (χ0n) is 38.4. The van der Waals surface area contributed by atoms with Crippen LogP contribution in [0.4, 0.5) is 9.59 Å². The van der Waals surface area contributed by atoms with Gasteiger partial charge in [-0.3, -0.25) is 9.59 Å². The van der Waals surface area contributed by atoms with Crippen molar-refractivity contribution in [1.29, 1.82) is 0 Å². The van der Waals surface area contributed by atoms with Crippen molar-refractivity contribution in [2.24, 2.45) is 23.7 Å². The number of H-pyrrole nitrogens is 2. The van der Waals surface area contributed by atoms with E-state index in [1.165, 1.54) is 14.2 Å². The molecule has 16 nitrogen and oxygen atoms in total. The first-order valence-corrected chi connectivity index (χ1v) is 23.6. The summed E-state index contributed by atoms with van der Waals surface area (Å²) in [5, 5.41) is 7.85. The quantitative estimate of drug-likeness (QED) is 0.134. The number of fused-ring (bicyclic) bond motifs is 3. The van der Waals surface area contributed by atoms with Crippen molar-refractivity contribution in [2.45, 2.75) is 140 Å². The Kier molecular flexibility index (Phi) is 11.8. The minimum atomic E-state index is -0.720. The van der Waals surface area contributed by atoms with E-state index in [9.17, 15) is 19.2 Å². The van der Waals surface area contributed by atoms with E-state index in [4.69, 9.17) is 28.9 Å². The summed E-state index contributed by atoms with van der Waals surface area (Å²) in [6.07, 6.45) is 8.48. The molecule has 4 amide bonds. The maximum absolute atomic E-state index is 14.5.